The highest BCUT2D eigenvalue weighted by Crippen LogP contribution is 2.22. The highest BCUT2D eigenvalue weighted by Gasteiger charge is 2.33. The number of carbonyl (C=O) groups excluding carboxylic acids is 1. The van der Waals surface area contributed by atoms with Crippen LogP contribution in [0.3, 0.4) is 0 Å². The molecule has 6 nitrogen and oxygen atoms in total. The minimum atomic E-state index is -3.77. The van der Waals surface area contributed by atoms with Crippen LogP contribution in [0.4, 0.5) is 10.5 Å². The molecule has 3 rings (SSSR count). The van der Waals surface area contributed by atoms with Crippen LogP contribution in [0.15, 0.2) is 59.5 Å². The van der Waals surface area contributed by atoms with Crippen LogP contribution in [-0.4, -0.2) is 33.7 Å². The number of cyclic esters (lactones) is 1. The molecule has 2 aromatic carbocycles. The molecule has 1 atom stereocenters. The fourth-order valence-corrected chi connectivity index (χ4v) is 3.97. The third kappa shape index (κ3) is 3.53. The first-order valence-electron chi connectivity index (χ1n) is 7.25. The Hall–Kier alpha value is -2.09. The van der Waals surface area contributed by atoms with Crippen LogP contribution in [0.25, 0.3) is 0 Å². The molecule has 1 unspecified atom stereocenters. The summed E-state index contributed by atoms with van der Waals surface area (Å²) < 4.78 is 32.2. The largest absolute Gasteiger partial charge is 0.443 e. The maximum atomic E-state index is 12.3. The van der Waals surface area contributed by atoms with Crippen molar-refractivity contribution in [3.63, 3.8) is 0 Å². The number of nitrogens with one attached hydrogen (secondary N) is 1. The number of rotatable bonds is 5. The van der Waals surface area contributed by atoms with E-state index >= 15 is 0 Å². The number of para-hydroxylation sites is 1. The summed E-state index contributed by atoms with van der Waals surface area (Å²) in [6, 6.07) is 15.2. The van der Waals surface area contributed by atoms with E-state index < -0.39 is 22.2 Å². The molecular formula is C16H15ClN2O4S. The van der Waals surface area contributed by atoms with Gasteiger partial charge in [0, 0.05) is 12.2 Å². The standard InChI is InChI=1S/C16H15ClN2O4S/c17-14-8-4-5-9-15(14)24(21,22)18-10-13-11-19(16(20)23-13)12-6-2-1-3-7-12/h1-9,13,18H,10-11H2. The van der Waals surface area contributed by atoms with E-state index in [1.807, 2.05) is 18.2 Å². The number of ether oxygens (including phenoxy) is 1. The third-order valence-electron chi connectivity index (χ3n) is 3.57. The average Bonchev–Trinajstić information content (AvgIpc) is 2.95. The van der Waals surface area contributed by atoms with Crippen LogP contribution in [0.1, 0.15) is 0 Å². The smallest absolute Gasteiger partial charge is 0.414 e. The zero-order chi connectivity index (χ0) is 17.2. The molecule has 1 heterocycles. The summed E-state index contributed by atoms with van der Waals surface area (Å²) in [6.45, 7) is 0.247. The van der Waals surface area contributed by atoms with Gasteiger partial charge in [-0.25, -0.2) is 17.9 Å². The topological polar surface area (TPSA) is 75.7 Å². The Balaban J connectivity index is 1.66. The predicted octanol–water partition coefficient (Wildman–Crippen LogP) is 2.64. The van der Waals surface area contributed by atoms with E-state index in [2.05, 4.69) is 4.72 Å². The van der Waals surface area contributed by atoms with Crippen molar-refractivity contribution in [3.05, 3.63) is 59.6 Å². The van der Waals surface area contributed by atoms with Gasteiger partial charge in [-0.3, -0.25) is 4.90 Å². The second-order valence-electron chi connectivity index (χ2n) is 5.23. The SMILES string of the molecule is O=C1OC(CNS(=O)(=O)c2ccccc2Cl)CN1c1ccccc1. The van der Waals surface area contributed by atoms with E-state index in [9.17, 15) is 13.2 Å². The fourth-order valence-electron chi connectivity index (χ4n) is 2.39. The van der Waals surface area contributed by atoms with Gasteiger partial charge in [0.05, 0.1) is 11.6 Å². The van der Waals surface area contributed by atoms with Crippen molar-refractivity contribution >= 4 is 33.4 Å². The van der Waals surface area contributed by atoms with Crippen molar-refractivity contribution < 1.29 is 17.9 Å². The van der Waals surface area contributed by atoms with E-state index in [0.29, 0.717) is 5.69 Å². The molecule has 1 N–H and O–H groups in total. The lowest BCUT2D eigenvalue weighted by Gasteiger charge is -2.13. The Morgan fingerprint density at radius 2 is 1.79 bits per heavy atom. The Morgan fingerprint density at radius 3 is 2.50 bits per heavy atom. The van der Waals surface area contributed by atoms with Crippen molar-refractivity contribution in [2.75, 3.05) is 18.0 Å². The molecule has 0 spiro atoms. The van der Waals surface area contributed by atoms with Gasteiger partial charge < -0.3 is 4.74 Å². The van der Waals surface area contributed by atoms with Crippen molar-refractivity contribution in [1.29, 1.82) is 0 Å². The summed E-state index contributed by atoms with van der Waals surface area (Å²) in [7, 11) is -3.77. The van der Waals surface area contributed by atoms with Gasteiger partial charge in [-0.05, 0) is 24.3 Å². The molecule has 1 saturated heterocycles. The molecule has 8 heteroatoms. The van der Waals surface area contributed by atoms with Gasteiger partial charge in [0.25, 0.3) is 0 Å². The minimum Gasteiger partial charge on any atom is -0.443 e. The van der Waals surface area contributed by atoms with Crippen LogP contribution in [0, 0.1) is 0 Å². The minimum absolute atomic E-state index is 0.00379. The molecule has 0 bridgehead atoms. The average molecular weight is 367 g/mol. The van der Waals surface area contributed by atoms with Crippen LogP contribution in [-0.2, 0) is 14.8 Å². The molecule has 1 aliphatic rings. The van der Waals surface area contributed by atoms with Crippen molar-refractivity contribution in [2.24, 2.45) is 0 Å². The fraction of sp³-hybridized carbons (Fsp3) is 0.188. The maximum absolute atomic E-state index is 12.3. The predicted molar refractivity (Wildman–Crippen MR) is 90.7 cm³/mol. The number of hydrogen-bond acceptors (Lipinski definition) is 4. The van der Waals surface area contributed by atoms with Gasteiger partial charge in [-0.1, -0.05) is 41.9 Å². The zero-order valence-electron chi connectivity index (χ0n) is 12.6. The molecule has 1 aliphatic heterocycles. The molecule has 0 aromatic heterocycles. The molecule has 0 radical (unpaired) electrons. The molecule has 1 fully saturated rings. The number of anilines is 1. The van der Waals surface area contributed by atoms with Crippen molar-refractivity contribution in [2.45, 2.75) is 11.0 Å². The number of nitrogens with zero attached hydrogens (tertiary/aromatic N) is 1. The van der Waals surface area contributed by atoms with E-state index in [-0.39, 0.29) is 23.0 Å². The molecule has 2 aromatic rings. The van der Waals surface area contributed by atoms with E-state index in [1.165, 1.54) is 17.0 Å². The Labute approximate surface area is 145 Å². The first-order chi connectivity index (χ1) is 11.5. The number of halogens is 1. The quantitative estimate of drug-likeness (QED) is 0.882. The summed E-state index contributed by atoms with van der Waals surface area (Å²) in [5, 5.41) is 0.138. The highest BCUT2D eigenvalue weighted by molar-refractivity contribution is 7.89. The maximum Gasteiger partial charge on any atom is 0.414 e. The Morgan fingerprint density at radius 1 is 1.12 bits per heavy atom. The van der Waals surface area contributed by atoms with E-state index in [4.69, 9.17) is 16.3 Å². The zero-order valence-corrected chi connectivity index (χ0v) is 14.1. The molecular weight excluding hydrogens is 352 g/mol. The van der Waals surface area contributed by atoms with Crippen molar-refractivity contribution in [3.8, 4) is 0 Å². The summed E-state index contributed by atoms with van der Waals surface area (Å²) in [6.07, 6.45) is -1.07. The molecule has 24 heavy (non-hydrogen) atoms. The monoisotopic (exact) mass is 366 g/mol. The molecule has 1 amide bonds. The lowest BCUT2D eigenvalue weighted by atomic mass is 10.3. The third-order valence-corrected chi connectivity index (χ3v) is 5.49. The van der Waals surface area contributed by atoms with Gasteiger partial charge in [0.15, 0.2) is 0 Å². The van der Waals surface area contributed by atoms with Gasteiger partial charge in [-0.15, -0.1) is 0 Å². The van der Waals surface area contributed by atoms with E-state index in [0.717, 1.165) is 0 Å². The van der Waals surface area contributed by atoms with Gasteiger partial charge in [0.1, 0.15) is 11.0 Å². The van der Waals surface area contributed by atoms with Crippen LogP contribution in [0.5, 0.6) is 0 Å². The Kier molecular flexibility index (Phi) is 4.75. The Bertz CT molecular complexity index is 842. The van der Waals surface area contributed by atoms with Crippen LogP contribution in [0.2, 0.25) is 5.02 Å². The second kappa shape index (κ2) is 6.80. The summed E-state index contributed by atoms with van der Waals surface area (Å²) in [5.41, 5.74) is 0.707. The summed E-state index contributed by atoms with van der Waals surface area (Å²) >= 11 is 5.92. The second-order valence-corrected chi connectivity index (χ2v) is 7.38. The van der Waals surface area contributed by atoms with Crippen LogP contribution < -0.4 is 9.62 Å². The first kappa shape index (κ1) is 16.8. The van der Waals surface area contributed by atoms with Gasteiger partial charge in [-0.2, -0.15) is 0 Å². The highest BCUT2D eigenvalue weighted by atomic mass is 35.5. The number of sulfonamides is 1. The normalized spacial score (nSPS) is 17.8. The lowest BCUT2D eigenvalue weighted by Crippen LogP contribution is -2.34. The number of carbonyl (C=O) groups is 1. The van der Waals surface area contributed by atoms with Crippen LogP contribution >= 0.6 is 11.6 Å². The number of benzene rings is 2. The summed E-state index contributed by atoms with van der Waals surface area (Å²) in [4.78, 5) is 13.4. The molecule has 0 saturated carbocycles. The number of hydrogen-bond donors (Lipinski definition) is 1. The van der Waals surface area contributed by atoms with Gasteiger partial charge >= 0.3 is 6.09 Å². The first-order valence-corrected chi connectivity index (χ1v) is 9.11. The molecule has 0 aliphatic carbocycles. The summed E-state index contributed by atoms with van der Waals surface area (Å²) in [5.74, 6) is 0. The van der Waals surface area contributed by atoms with Crippen molar-refractivity contribution in [1.82, 2.24) is 4.72 Å². The van der Waals surface area contributed by atoms with E-state index in [1.54, 1.807) is 24.3 Å². The molecule has 126 valence electrons. The van der Waals surface area contributed by atoms with Gasteiger partial charge in [0.2, 0.25) is 10.0 Å². The number of amides is 1. The lowest BCUT2D eigenvalue weighted by molar-refractivity contribution is 0.143.